The fraction of sp³-hybridized carbons (Fsp3) is 0.115. The van der Waals surface area contributed by atoms with Crippen molar-refractivity contribution in [3.63, 3.8) is 0 Å². The van der Waals surface area contributed by atoms with Crippen LogP contribution >= 0.6 is 0 Å². The van der Waals surface area contributed by atoms with Crippen molar-refractivity contribution in [2.75, 3.05) is 9.80 Å². The Labute approximate surface area is 322 Å². The van der Waals surface area contributed by atoms with E-state index in [-0.39, 0.29) is 10.8 Å². The van der Waals surface area contributed by atoms with Crippen molar-refractivity contribution in [3.05, 3.63) is 192 Å². The lowest BCUT2D eigenvalue weighted by Gasteiger charge is -2.45. The van der Waals surface area contributed by atoms with E-state index >= 15 is 0 Å². The first kappa shape index (κ1) is 31.9. The molecule has 0 amide bonds. The lowest BCUT2D eigenvalue weighted by Crippen LogP contribution is -2.32. The van der Waals surface area contributed by atoms with Crippen molar-refractivity contribution in [1.29, 1.82) is 0 Å². The van der Waals surface area contributed by atoms with E-state index in [1.165, 1.54) is 61.0 Å². The fourth-order valence-corrected chi connectivity index (χ4v) is 9.65. The Balaban J connectivity index is 1.16. The van der Waals surface area contributed by atoms with Crippen LogP contribution in [0.2, 0.25) is 0 Å². The second-order valence-corrected chi connectivity index (χ2v) is 16.2. The Morgan fingerprint density at radius 3 is 1.95 bits per heavy atom. The summed E-state index contributed by atoms with van der Waals surface area (Å²) in [6, 6.07) is 62.1. The van der Waals surface area contributed by atoms with Crippen LogP contribution in [0.25, 0.3) is 33.0 Å². The molecule has 8 aromatic carbocycles. The van der Waals surface area contributed by atoms with E-state index in [0.29, 0.717) is 0 Å². The van der Waals surface area contributed by atoms with Gasteiger partial charge in [-0.25, -0.2) is 0 Å². The zero-order valence-corrected chi connectivity index (χ0v) is 31.5. The average Bonchev–Trinajstić information content (AvgIpc) is 3.45. The molecule has 11 rings (SSSR count). The van der Waals surface area contributed by atoms with Crippen molar-refractivity contribution in [3.8, 4) is 33.8 Å². The molecule has 0 spiro atoms. The summed E-state index contributed by atoms with van der Waals surface area (Å²) >= 11 is 0. The van der Waals surface area contributed by atoms with Gasteiger partial charge in [0.2, 0.25) is 0 Å². The van der Waals surface area contributed by atoms with Gasteiger partial charge in [0, 0.05) is 33.2 Å². The molecule has 2 heterocycles. The highest BCUT2D eigenvalue weighted by atomic mass is 16.5. The number of nitrogens with zero attached hydrogens (tertiary/aromatic N) is 2. The third-order valence-electron chi connectivity index (χ3n) is 12.4. The average molecular weight is 709 g/mol. The van der Waals surface area contributed by atoms with Gasteiger partial charge in [0.05, 0.1) is 22.7 Å². The van der Waals surface area contributed by atoms with Gasteiger partial charge in [-0.2, -0.15) is 0 Å². The van der Waals surface area contributed by atoms with E-state index in [4.69, 9.17) is 4.74 Å². The summed E-state index contributed by atoms with van der Waals surface area (Å²) in [4.78, 5) is 4.94. The van der Waals surface area contributed by atoms with E-state index in [1.54, 1.807) is 0 Å². The van der Waals surface area contributed by atoms with Crippen LogP contribution in [0.4, 0.5) is 34.1 Å². The van der Waals surface area contributed by atoms with E-state index in [1.807, 2.05) is 0 Å². The number of fused-ring (bicyclic) bond motifs is 9. The Morgan fingerprint density at radius 1 is 0.455 bits per heavy atom. The highest BCUT2D eigenvalue weighted by Gasteiger charge is 2.43. The van der Waals surface area contributed by atoms with Gasteiger partial charge in [-0.05, 0) is 92.9 Å². The van der Waals surface area contributed by atoms with Crippen molar-refractivity contribution in [2.24, 2.45) is 0 Å². The summed E-state index contributed by atoms with van der Waals surface area (Å²) in [6.45, 7) is 9.44. The van der Waals surface area contributed by atoms with Crippen LogP contribution in [0, 0.1) is 0 Å². The SMILES string of the molecule is CC1(C)c2ccccc2-c2ccc(N(c3ccc4c(c3)C(C)(C)c3cccc5c3N4c3c(ccc4ccccc34)O5)c3ccccc3-c3ccccc3)cc21. The van der Waals surface area contributed by atoms with Crippen LogP contribution < -0.4 is 14.5 Å². The Kier molecular flexibility index (Phi) is 6.65. The normalized spacial score (nSPS) is 14.9. The fourth-order valence-electron chi connectivity index (χ4n) is 9.65. The summed E-state index contributed by atoms with van der Waals surface area (Å²) in [5.41, 5.74) is 16.6. The summed E-state index contributed by atoms with van der Waals surface area (Å²) < 4.78 is 6.70. The molecule has 264 valence electrons. The predicted octanol–water partition coefficient (Wildman–Crippen LogP) is 14.5. The molecule has 0 fully saturated rings. The third kappa shape index (κ3) is 4.50. The smallest absolute Gasteiger partial charge is 0.152 e. The van der Waals surface area contributed by atoms with Gasteiger partial charge in [-0.3, -0.25) is 0 Å². The third-order valence-corrected chi connectivity index (χ3v) is 12.4. The molecule has 3 nitrogen and oxygen atoms in total. The molecule has 2 aliphatic heterocycles. The quantitative estimate of drug-likeness (QED) is 0.181. The summed E-state index contributed by atoms with van der Waals surface area (Å²) in [5, 5.41) is 2.37. The Bertz CT molecular complexity index is 2870. The molecule has 3 aliphatic rings. The molecule has 8 aromatic rings. The van der Waals surface area contributed by atoms with Crippen molar-refractivity contribution in [2.45, 2.75) is 38.5 Å². The van der Waals surface area contributed by atoms with Gasteiger partial charge in [0.25, 0.3) is 0 Å². The van der Waals surface area contributed by atoms with E-state index < -0.39 is 0 Å². The maximum absolute atomic E-state index is 6.70. The highest BCUT2D eigenvalue weighted by molar-refractivity contribution is 6.06. The number of hydrogen-bond acceptors (Lipinski definition) is 3. The van der Waals surface area contributed by atoms with Gasteiger partial charge in [-0.15, -0.1) is 0 Å². The second kappa shape index (κ2) is 11.5. The number of rotatable bonds is 4. The lowest BCUT2D eigenvalue weighted by atomic mass is 9.73. The minimum absolute atomic E-state index is 0.127. The molecule has 0 radical (unpaired) electrons. The van der Waals surface area contributed by atoms with E-state index in [9.17, 15) is 0 Å². The first-order valence-electron chi connectivity index (χ1n) is 19.3. The first-order chi connectivity index (χ1) is 26.8. The molecule has 55 heavy (non-hydrogen) atoms. The number of hydrogen-bond donors (Lipinski definition) is 0. The van der Waals surface area contributed by atoms with Crippen molar-refractivity contribution >= 4 is 44.9 Å². The minimum atomic E-state index is -0.315. The van der Waals surface area contributed by atoms with Crippen LogP contribution in [0.3, 0.4) is 0 Å². The van der Waals surface area contributed by atoms with Gasteiger partial charge in [0.15, 0.2) is 11.5 Å². The zero-order chi connectivity index (χ0) is 37.1. The van der Waals surface area contributed by atoms with Gasteiger partial charge in [-0.1, -0.05) is 149 Å². The second-order valence-electron chi connectivity index (χ2n) is 16.2. The monoisotopic (exact) mass is 708 g/mol. The van der Waals surface area contributed by atoms with Crippen LogP contribution in [-0.4, -0.2) is 0 Å². The van der Waals surface area contributed by atoms with E-state index in [2.05, 4.69) is 207 Å². The predicted molar refractivity (Wildman–Crippen MR) is 229 cm³/mol. The van der Waals surface area contributed by atoms with Gasteiger partial charge < -0.3 is 14.5 Å². The van der Waals surface area contributed by atoms with Crippen molar-refractivity contribution < 1.29 is 4.74 Å². The summed E-state index contributed by atoms with van der Waals surface area (Å²) in [7, 11) is 0. The lowest BCUT2D eigenvalue weighted by molar-refractivity contribution is 0.472. The molecule has 0 bridgehead atoms. The standard InChI is InChI=1S/C52H40N2O/c1-51(2)41-21-12-10-20-39(41)40-28-26-35(31-43(40)51)53(45-23-13-11-18-37(45)33-15-6-5-7-16-33)36-27-29-46-44(32-36)52(3,4)42-22-14-24-47-50(42)54(46)49-38-19-9-8-17-34(38)25-30-48(49)55-47/h5-32H,1-4H3. The Hall–Kier alpha value is -6.58. The largest absolute Gasteiger partial charge is 0.453 e. The molecule has 0 N–H and O–H groups in total. The molecular weight excluding hydrogens is 669 g/mol. The number of ether oxygens (including phenoxy) is 1. The molecule has 0 saturated carbocycles. The molecule has 0 aromatic heterocycles. The number of benzene rings is 8. The highest BCUT2D eigenvalue weighted by Crippen LogP contribution is 2.62. The van der Waals surface area contributed by atoms with Crippen LogP contribution in [0.5, 0.6) is 11.5 Å². The molecule has 0 saturated heterocycles. The summed E-state index contributed by atoms with van der Waals surface area (Å²) in [5.74, 6) is 1.77. The minimum Gasteiger partial charge on any atom is -0.453 e. The molecular formula is C52H40N2O. The molecule has 1 aliphatic carbocycles. The molecule has 0 atom stereocenters. The van der Waals surface area contributed by atoms with Gasteiger partial charge >= 0.3 is 0 Å². The van der Waals surface area contributed by atoms with Crippen LogP contribution in [0.15, 0.2) is 170 Å². The zero-order valence-electron chi connectivity index (χ0n) is 31.5. The number of para-hydroxylation sites is 2. The maximum Gasteiger partial charge on any atom is 0.152 e. The Morgan fingerprint density at radius 2 is 1.09 bits per heavy atom. The topological polar surface area (TPSA) is 15.7 Å². The molecule has 3 heteroatoms. The summed E-state index contributed by atoms with van der Waals surface area (Å²) in [6.07, 6.45) is 0. The van der Waals surface area contributed by atoms with Crippen LogP contribution in [-0.2, 0) is 10.8 Å². The van der Waals surface area contributed by atoms with Crippen LogP contribution in [0.1, 0.15) is 49.9 Å². The van der Waals surface area contributed by atoms with Gasteiger partial charge in [0.1, 0.15) is 0 Å². The number of anilines is 6. The van der Waals surface area contributed by atoms with E-state index in [0.717, 1.165) is 39.9 Å². The van der Waals surface area contributed by atoms with Crippen molar-refractivity contribution in [1.82, 2.24) is 0 Å². The maximum atomic E-state index is 6.70. The first-order valence-corrected chi connectivity index (χ1v) is 19.3. The molecule has 0 unspecified atom stereocenters.